The topological polar surface area (TPSA) is 181 Å². The number of carbonyl (C=O) groups excluding carboxylic acids is 5. The maximum absolute atomic E-state index is 14.2. The molecule has 5 aliphatic rings. The summed E-state index contributed by atoms with van der Waals surface area (Å²) in [5.41, 5.74) is 0.932. The third kappa shape index (κ3) is 7.63. The van der Waals surface area contributed by atoms with Crippen LogP contribution >= 0.6 is 0 Å². The molecule has 2 saturated carbocycles. The molecule has 0 unspecified atom stereocenters. The molecule has 1 aromatic rings. The highest BCUT2D eigenvalue weighted by atomic mass is 32.2. The molecule has 0 radical (unpaired) electrons. The lowest BCUT2D eigenvalue weighted by atomic mass is 9.90. The van der Waals surface area contributed by atoms with Crippen LogP contribution in [0.3, 0.4) is 0 Å². The number of fused-ring (bicyclic) bond motifs is 3. The zero-order valence-corrected chi connectivity index (χ0v) is 30.3. The van der Waals surface area contributed by atoms with Gasteiger partial charge in [0, 0.05) is 24.3 Å². The molecule has 6 rings (SSSR count). The number of nitrogens with zero attached hydrogens (tertiary/aromatic N) is 2. The number of nitrogens with one attached hydrogen (secondary N) is 3. The zero-order chi connectivity index (χ0) is 36.9. The first-order valence-electron chi connectivity index (χ1n) is 17.5. The van der Waals surface area contributed by atoms with Crippen molar-refractivity contribution < 1.29 is 41.9 Å². The third-order valence-corrected chi connectivity index (χ3v) is 12.2. The molecule has 4 bridgehead atoms. The fourth-order valence-corrected chi connectivity index (χ4v) is 8.39. The van der Waals surface area contributed by atoms with Crippen LogP contribution in [-0.2, 0) is 47.0 Å². The van der Waals surface area contributed by atoms with E-state index in [0.29, 0.717) is 32.4 Å². The number of sulfonamides is 1. The molecule has 1 saturated heterocycles. The van der Waals surface area contributed by atoms with E-state index in [0.717, 1.165) is 16.7 Å². The van der Waals surface area contributed by atoms with E-state index < -0.39 is 86.2 Å². The van der Waals surface area contributed by atoms with Gasteiger partial charge in [0.1, 0.15) is 23.7 Å². The summed E-state index contributed by atoms with van der Waals surface area (Å²) in [6.45, 7) is 11.7. The predicted molar refractivity (Wildman–Crippen MR) is 186 cm³/mol. The molecule has 14 nitrogen and oxygen atoms in total. The first-order valence-corrected chi connectivity index (χ1v) is 19.1. The molecular formula is C36H47N5O9S. The second kappa shape index (κ2) is 13.6. The van der Waals surface area contributed by atoms with Crippen molar-refractivity contribution in [2.75, 3.05) is 13.2 Å². The molecule has 51 heavy (non-hydrogen) atoms. The number of cyclic esters (lactones) is 1. The second-order valence-corrected chi connectivity index (χ2v) is 17.4. The lowest BCUT2D eigenvalue weighted by Gasteiger charge is -2.31. The van der Waals surface area contributed by atoms with Gasteiger partial charge in [0.15, 0.2) is 0 Å². The normalized spacial score (nSPS) is 29.9. The van der Waals surface area contributed by atoms with E-state index in [1.807, 2.05) is 44.2 Å². The van der Waals surface area contributed by atoms with Crippen LogP contribution in [0.5, 0.6) is 0 Å². The van der Waals surface area contributed by atoms with Gasteiger partial charge in [-0.2, -0.15) is 0 Å². The van der Waals surface area contributed by atoms with Gasteiger partial charge in [-0.3, -0.25) is 24.0 Å². The summed E-state index contributed by atoms with van der Waals surface area (Å²) in [7, 11) is -3.91. The highest BCUT2D eigenvalue weighted by Crippen LogP contribution is 2.45. The van der Waals surface area contributed by atoms with Crippen molar-refractivity contribution in [2.45, 2.75) is 102 Å². The lowest BCUT2D eigenvalue weighted by molar-refractivity contribution is -0.141. The van der Waals surface area contributed by atoms with Gasteiger partial charge in [-0.1, -0.05) is 64.1 Å². The fourth-order valence-electron chi connectivity index (χ4n) is 7.03. The zero-order valence-electron chi connectivity index (χ0n) is 29.5. The summed E-state index contributed by atoms with van der Waals surface area (Å²) in [4.78, 5) is 71.2. The number of carbonyl (C=O) groups is 5. The fraction of sp³-hybridized carbons (Fsp3) is 0.583. The van der Waals surface area contributed by atoms with Crippen molar-refractivity contribution in [1.29, 1.82) is 0 Å². The Morgan fingerprint density at radius 3 is 2.55 bits per heavy atom. The van der Waals surface area contributed by atoms with E-state index in [1.165, 1.54) is 11.0 Å². The maximum Gasteiger partial charge on any atom is 0.410 e. The van der Waals surface area contributed by atoms with E-state index in [4.69, 9.17) is 9.47 Å². The molecule has 3 fully saturated rings. The Labute approximate surface area is 298 Å². The molecule has 3 heterocycles. The summed E-state index contributed by atoms with van der Waals surface area (Å²) in [5, 5.41) is 4.75. The third-order valence-electron chi connectivity index (χ3n) is 10.4. The van der Waals surface area contributed by atoms with Gasteiger partial charge in [-0.15, -0.1) is 6.58 Å². The Morgan fingerprint density at radius 2 is 1.88 bits per heavy atom. The smallest absolute Gasteiger partial charge is 0.410 e. The van der Waals surface area contributed by atoms with Crippen LogP contribution in [0.15, 0.2) is 36.9 Å². The summed E-state index contributed by atoms with van der Waals surface area (Å²) in [6, 6.07) is 3.56. The Balaban J connectivity index is 1.28. The van der Waals surface area contributed by atoms with E-state index in [1.54, 1.807) is 18.7 Å². The molecule has 2 aliphatic carbocycles. The van der Waals surface area contributed by atoms with Gasteiger partial charge < -0.3 is 25.0 Å². The summed E-state index contributed by atoms with van der Waals surface area (Å²) in [6.07, 6.45) is 4.74. The van der Waals surface area contributed by atoms with E-state index in [-0.39, 0.29) is 26.0 Å². The quantitative estimate of drug-likeness (QED) is 0.356. The first-order chi connectivity index (χ1) is 24.0. The molecule has 276 valence electrons. The van der Waals surface area contributed by atoms with E-state index in [2.05, 4.69) is 21.9 Å². The van der Waals surface area contributed by atoms with Gasteiger partial charge in [-0.25, -0.2) is 18.0 Å². The van der Waals surface area contributed by atoms with Crippen molar-refractivity contribution in [1.82, 2.24) is 25.2 Å². The first kappa shape index (κ1) is 36.4. The molecule has 0 aromatic heterocycles. The van der Waals surface area contributed by atoms with Gasteiger partial charge in [0.05, 0.1) is 24.9 Å². The number of hydrogen-bond acceptors (Lipinski definition) is 9. The van der Waals surface area contributed by atoms with E-state index in [9.17, 15) is 32.4 Å². The minimum absolute atomic E-state index is 0.0765. The summed E-state index contributed by atoms with van der Waals surface area (Å²) < 4.78 is 38.9. The standard InChI is InChI=1S/C36H47N5O9S/c1-6-24-16-36(24,32(44)39-51(47,48)26-12-13-26)38-30(42)28-15-25-18-41(28)31(43)29(21(2)3)37-33(45)49-20-35(4,5)14-8-11-22-9-7-10-23-17-40(19-27(22)23)34(46)50-25/h6-11,21,24-26,28-29H,1,12-20H2,2-5H3,(H,37,45)(H,38,42)(H,39,44)/b11-8-/t24-,25-,28+,29+,36+/m1/s1. The van der Waals surface area contributed by atoms with Crippen LogP contribution < -0.4 is 15.4 Å². The van der Waals surface area contributed by atoms with Crippen LogP contribution in [0.2, 0.25) is 0 Å². The van der Waals surface area contributed by atoms with Gasteiger partial charge in [0.2, 0.25) is 21.8 Å². The van der Waals surface area contributed by atoms with Crippen LogP contribution in [0.25, 0.3) is 6.08 Å². The molecule has 0 spiro atoms. The van der Waals surface area contributed by atoms with Gasteiger partial charge >= 0.3 is 12.2 Å². The average molecular weight is 726 g/mol. The van der Waals surface area contributed by atoms with Gasteiger partial charge in [0.25, 0.3) is 5.91 Å². The van der Waals surface area contributed by atoms with E-state index >= 15 is 0 Å². The van der Waals surface area contributed by atoms with Crippen molar-refractivity contribution in [3.63, 3.8) is 0 Å². The summed E-state index contributed by atoms with van der Waals surface area (Å²) >= 11 is 0. The van der Waals surface area contributed by atoms with Crippen molar-refractivity contribution in [2.24, 2.45) is 17.3 Å². The molecule has 1 aromatic carbocycles. The lowest BCUT2D eigenvalue weighted by Crippen LogP contribution is -2.59. The SMILES string of the molecule is C=C[C@@H]1C[C@@]1(NC(=O)[C@@H]1C[C@@H]2CN1C(=O)[C@H](C(C)C)NC(=O)OCC(C)(C)C/C=C\c1cccc3c1CN(C3)C(=O)O2)C(=O)NS(=O)(=O)C1CC1. The Bertz CT molecular complexity index is 1770. The van der Waals surface area contributed by atoms with Crippen LogP contribution in [-0.4, -0.2) is 90.3 Å². The van der Waals surface area contributed by atoms with Crippen LogP contribution in [0, 0.1) is 17.3 Å². The Kier molecular flexibility index (Phi) is 9.72. The molecular weight excluding hydrogens is 678 g/mol. The second-order valence-electron chi connectivity index (χ2n) is 15.5. The monoisotopic (exact) mass is 725 g/mol. The number of ether oxygens (including phenoxy) is 2. The van der Waals surface area contributed by atoms with Crippen LogP contribution in [0.1, 0.15) is 76.5 Å². The maximum atomic E-state index is 14.2. The number of allylic oxidation sites excluding steroid dienone is 1. The van der Waals surface area contributed by atoms with Crippen molar-refractivity contribution in [3.05, 3.63) is 53.6 Å². The van der Waals surface area contributed by atoms with Crippen LogP contribution in [0.4, 0.5) is 9.59 Å². The van der Waals surface area contributed by atoms with Crippen molar-refractivity contribution in [3.8, 4) is 0 Å². The largest absolute Gasteiger partial charge is 0.449 e. The number of alkyl carbamates (subject to hydrolysis) is 1. The number of rotatable bonds is 7. The average Bonchev–Trinajstić information content (AvgIpc) is 3.96. The number of amides is 5. The predicted octanol–water partition coefficient (Wildman–Crippen LogP) is 2.97. The minimum Gasteiger partial charge on any atom is -0.449 e. The molecule has 5 atom stereocenters. The Hall–Kier alpha value is -4.40. The summed E-state index contributed by atoms with van der Waals surface area (Å²) in [5.74, 6) is -3.14. The van der Waals surface area contributed by atoms with Crippen molar-refractivity contribution >= 4 is 46.0 Å². The minimum atomic E-state index is -3.91. The molecule has 3 aliphatic heterocycles. The molecule has 15 heteroatoms. The number of hydrogen-bond donors (Lipinski definition) is 3. The molecule has 3 N–H and O–H groups in total. The van der Waals surface area contributed by atoms with Gasteiger partial charge in [-0.05, 0) is 48.3 Å². The highest BCUT2D eigenvalue weighted by molar-refractivity contribution is 7.91. The molecule has 5 amide bonds. The Morgan fingerprint density at radius 1 is 1.14 bits per heavy atom. The highest BCUT2D eigenvalue weighted by Gasteiger charge is 2.62. The number of benzene rings is 1.